The van der Waals surface area contributed by atoms with Gasteiger partial charge in [-0.05, 0) is 28.1 Å². The van der Waals surface area contributed by atoms with Crippen LogP contribution in [0.25, 0.3) is 0 Å². The smallest absolute Gasteiger partial charge is 0.434 e. The number of rotatable bonds is 4. The minimum absolute atomic E-state index is 0.0174. The van der Waals surface area contributed by atoms with Crippen LogP contribution in [0.2, 0.25) is 0 Å². The maximum absolute atomic E-state index is 12.3. The second-order valence-corrected chi connectivity index (χ2v) is 4.44. The largest absolute Gasteiger partial charge is 0.573 e. The summed E-state index contributed by atoms with van der Waals surface area (Å²) in [6, 6.07) is 5.32. The molecule has 2 rings (SSSR count). The second kappa shape index (κ2) is 6.14. The van der Waals surface area contributed by atoms with E-state index in [1.54, 1.807) is 0 Å². The molecular weight excluding hydrogens is 357 g/mol. The van der Waals surface area contributed by atoms with E-state index in [2.05, 4.69) is 36.1 Å². The zero-order valence-corrected chi connectivity index (χ0v) is 11.8. The maximum atomic E-state index is 12.3. The molecule has 3 N–H and O–H groups in total. The Bertz CT molecular complexity index is 639. The molecule has 0 atom stereocenters. The Morgan fingerprint density at radius 3 is 2.48 bits per heavy atom. The molecule has 0 aliphatic heterocycles. The van der Waals surface area contributed by atoms with Gasteiger partial charge in [-0.2, -0.15) is 4.98 Å². The first-order valence-electron chi connectivity index (χ1n) is 5.41. The molecule has 0 fully saturated rings. The number of nitrogens with one attached hydrogen (secondary N) is 1. The van der Waals surface area contributed by atoms with Crippen molar-refractivity contribution in [2.24, 2.45) is 5.84 Å². The summed E-state index contributed by atoms with van der Waals surface area (Å²) in [5.74, 6) is 4.54. The zero-order chi connectivity index (χ0) is 15.5. The number of halogens is 4. The van der Waals surface area contributed by atoms with E-state index < -0.39 is 12.1 Å². The van der Waals surface area contributed by atoms with Crippen LogP contribution in [0.15, 0.2) is 34.9 Å². The van der Waals surface area contributed by atoms with Gasteiger partial charge >= 0.3 is 6.36 Å². The van der Waals surface area contributed by atoms with Gasteiger partial charge < -0.3 is 9.47 Å². The van der Waals surface area contributed by atoms with Gasteiger partial charge in [-0.15, -0.1) is 13.2 Å². The molecule has 0 unspecified atom stereocenters. The molecule has 1 heterocycles. The Balaban J connectivity index is 2.31. The van der Waals surface area contributed by atoms with Gasteiger partial charge in [0.2, 0.25) is 11.8 Å². The highest BCUT2D eigenvalue weighted by molar-refractivity contribution is 9.10. The minimum atomic E-state index is -4.83. The lowest BCUT2D eigenvalue weighted by atomic mass is 10.3. The van der Waals surface area contributed by atoms with Crippen LogP contribution >= 0.6 is 15.9 Å². The number of para-hydroxylation sites is 2. The van der Waals surface area contributed by atoms with Gasteiger partial charge in [0, 0.05) is 0 Å². The predicted molar refractivity (Wildman–Crippen MR) is 70.7 cm³/mol. The van der Waals surface area contributed by atoms with Crippen molar-refractivity contribution in [3.05, 3.63) is 34.9 Å². The highest BCUT2D eigenvalue weighted by atomic mass is 79.9. The lowest BCUT2D eigenvalue weighted by molar-refractivity contribution is -0.275. The molecule has 0 radical (unpaired) electrons. The first-order chi connectivity index (χ1) is 9.89. The predicted octanol–water partition coefficient (Wildman–Crippen LogP) is 3.22. The first kappa shape index (κ1) is 15.3. The summed E-state index contributed by atoms with van der Waals surface area (Å²) in [7, 11) is 0. The van der Waals surface area contributed by atoms with Crippen LogP contribution in [0.1, 0.15) is 0 Å². The number of nitrogens with two attached hydrogens (primary N) is 1. The number of alkyl halides is 3. The van der Waals surface area contributed by atoms with E-state index in [-0.39, 0.29) is 17.6 Å². The number of hydrogen-bond acceptors (Lipinski definition) is 6. The van der Waals surface area contributed by atoms with E-state index in [0.29, 0.717) is 4.47 Å². The fourth-order valence-electron chi connectivity index (χ4n) is 1.34. The summed E-state index contributed by atoms with van der Waals surface area (Å²) in [5.41, 5.74) is 2.20. The third kappa shape index (κ3) is 4.20. The number of ether oxygens (including phenoxy) is 2. The molecule has 0 aliphatic carbocycles. The fourth-order valence-corrected chi connectivity index (χ4v) is 1.61. The van der Waals surface area contributed by atoms with Crippen molar-refractivity contribution < 1.29 is 22.6 Å². The molecule has 112 valence electrons. The van der Waals surface area contributed by atoms with Crippen LogP contribution in [0.3, 0.4) is 0 Å². The van der Waals surface area contributed by atoms with Crippen molar-refractivity contribution in [1.82, 2.24) is 9.97 Å². The number of nitrogen functional groups attached to an aromatic ring is 1. The topological polar surface area (TPSA) is 82.3 Å². The van der Waals surface area contributed by atoms with Gasteiger partial charge in [-0.25, -0.2) is 10.8 Å². The number of benzene rings is 1. The average Bonchev–Trinajstić information content (AvgIpc) is 2.42. The molecule has 21 heavy (non-hydrogen) atoms. The zero-order valence-electron chi connectivity index (χ0n) is 10.2. The summed E-state index contributed by atoms with van der Waals surface area (Å²) in [4.78, 5) is 7.67. The standard InChI is InChI=1S/C11H8BrF3N4O2/c12-6-5-17-10(19-16)18-9(6)20-7-3-1-2-4-8(7)21-11(13,14)15/h1-5H,16H2,(H,17,18,19). The SMILES string of the molecule is NNc1ncc(Br)c(Oc2ccccc2OC(F)(F)F)n1. The molecule has 0 saturated heterocycles. The number of aromatic nitrogens is 2. The molecule has 6 nitrogen and oxygen atoms in total. The molecule has 10 heteroatoms. The van der Waals surface area contributed by atoms with Gasteiger partial charge in [0.15, 0.2) is 11.5 Å². The van der Waals surface area contributed by atoms with Crippen molar-refractivity contribution in [2.75, 3.05) is 5.43 Å². The Morgan fingerprint density at radius 1 is 1.19 bits per heavy atom. The van der Waals surface area contributed by atoms with Crippen LogP contribution in [0.4, 0.5) is 19.1 Å². The van der Waals surface area contributed by atoms with Gasteiger partial charge in [0.1, 0.15) is 0 Å². The van der Waals surface area contributed by atoms with Crippen LogP contribution < -0.4 is 20.7 Å². The minimum Gasteiger partial charge on any atom is -0.434 e. The number of hydrogen-bond donors (Lipinski definition) is 2. The summed E-state index contributed by atoms with van der Waals surface area (Å²) in [6.07, 6.45) is -3.49. The molecule has 2 aromatic rings. The van der Waals surface area contributed by atoms with Crippen LogP contribution in [0.5, 0.6) is 17.4 Å². The Labute approximate surface area is 125 Å². The average molecular weight is 365 g/mol. The van der Waals surface area contributed by atoms with Gasteiger partial charge in [0.25, 0.3) is 0 Å². The van der Waals surface area contributed by atoms with Crippen molar-refractivity contribution in [3.8, 4) is 17.4 Å². The molecule has 0 amide bonds. The highest BCUT2D eigenvalue weighted by Gasteiger charge is 2.32. The summed E-state index contributed by atoms with van der Waals surface area (Å²) in [5, 5.41) is 0. The van der Waals surface area contributed by atoms with Crippen molar-refractivity contribution in [1.29, 1.82) is 0 Å². The van der Waals surface area contributed by atoms with E-state index >= 15 is 0 Å². The lowest BCUT2D eigenvalue weighted by Crippen LogP contribution is -2.17. The second-order valence-electron chi connectivity index (χ2n) is 3.59. The number of anilines is 1. The van der Waals surface area contributed by atoms with Crippen molar-refractivity contribution in [3.63, 3.8) is 0 Å². The molecule has 0 saturated carbocycles. The van der Waals surface area contributed by atoms with Gasteiger partial charge in [-0.3, -0.25) is 5.43 Å². The van der Waals surface area contributed by atoms with Gasteiger partial charge in [0.05, 0.1) is 10.7 Å². The van der Waals surface area contributed by atoms with E-state index in [1.165, 1.54) is 24.4 Å². The van der Waals surface area contributed by atoms with Crippen LogP contribution in [-0.2, 0) is 0 Å². The molecule has 0 aliphatic rings. The number of nitrogens with zero attached hydrogens (tertiary/aromatic N) is 2. The first-order valence-corrected chi connectivity index (χ1v) is 6.20. The normalized spacial score (nSPS) is 11.1. The molecule has 0 spiro atoms. The van der Waals surface area contributed by atoms with Crippen LogP contribution in [-0.4, -0.2) is 16.3 Å². The van der Waals surface area contributed by atoms with E-state index in [9.17, 15) is 13.2 Å². The van der Waals surface area contributed by atoms with Crippen molar-refractivity contribution >= 4 is 21.9 Å². The third-order valence-corrected chi connectivity index (χ3v) is 2.67. The molecule has 0 bridgehead atoms. The Kier molecular flexibility index (Phi) is 4.48. The molecule has 1 aromatic carbocycles. The van der Waals surface area contributed by atoms with Crippen molar-refractivity contribution in [2.45, 2.75) is 6.36 Å². The molecule has 1 aromatic heterocycles. The summed E-state index contributed by atoms with van der Waals surface area (Å²) < 4.78 is 46.5. The summed E-state index contributed by atoms with van der Waals surface area (Å²) in [6.45, 7) is 0. The Morgan fingerprint density at radius 2 is 1.86 bits per heavy atom. The van der Waals surface area contributed by atoms with E-state index in [4.69, 9.17) is 10.6 Å². The van der Waals surface area contributed by atoms with Crippen LogP contribution in [0, 0.1) is 0 Å². The Hall–Kier alpha value is -2.07. The third-order valence-electron chi connectivity index (χ3n) is 2.12. The maximum Gasteiger partial charge on any atom is 0.573 e. The summed E-state index contributed by atoms with van der Waals surface area (Å²) >= 11 is 3.12. The quantitative estimate of drug-likeness (QED) is 0.640. The highest BCUT2D eigenvalue weighted by Crippen LogP contribution is 2.36. The van der Waals surface area contributed by atoms with E-state index in [0.717, 1.165) is 6.07 Å². The number of hydrazine groups is 1. The van der Waals surface area contributed by atoms with Gasteiger partial charge in [-0.1, -0.05) is 12.1 Å². The lowest BCUT2D eigenvalue weighted by Gasteiger charge is -2.14. The molecular formula is C11H8BrF3N4O2. The van der Waals surface area contributed by atoms with E-state index in [1.807, 2.05) is 0 Å². The monoisotopic (exact) mass is 364 g/mol. The fraction of sp³-hybridized carbons (Fsp3) is 0.0909.